The van der Waals surface area contributed by atoms with E-state index < -0.39 is 0 Å². The number of aryl methyl sites for hydroxylation is 1. The molecule has 1 fully saturated rings. The fourth-order valence-corrected chi connectivity index (χ4v) is 2.70. The van der Waals surface area contributed by atoms with E-state index in [2.05, 4.69) is 21.2 Å². The second kappa shape index (κ2) is 5.89. The van der Waals surface area contributed by atoms with Crippen LogP contribution in [0.25, 0.3) is 5.69 Å². The van der Waals surface area contributed by atoms with Gasteiger partial charge in [0.15, 0.2) is 0 Å². The van der Waals surface area contributed by atoms with Crippen LogP contribution in [0.1, 0.15) is 5.56 Å². The maximum Gasteiger partial charge on any atom is 0.121 e. The smallest absolute Gasteiger partial charge is 0.121 e. The maximum absolute atomic E-state index is 5.95. The van der Waals surface area contributed by atoms with E-state index in [0.29, 0.717) is 12.6 Å². The van der Waals surface area contributed by atoms with Gasteiger partial charge in [-0.25, -0.2) is 4.98 Å². The summed E-state index contributed by atoms with van der Waals surface area (Å²) in [6, 6.07) is 8.57. The van der Waals surface area contributed by atoms with E-state index in [0.717, 1.165) is 24.5 Å². The molecule has 0 N–H and O–H groups in total. The predicted octanol–water partition coefficient (Wildman–Crippen LogP) is 1.87. The molecule has 4 rings (SSSR count). The molecule has 118 valence electrons. The van der Waals surface area contributed by atoms with Crippen molar-refractivity contribution in [3.63, 3.8) is 0 Å². The average molecular weight is 309 g/mol. The topological polar surface area (TPSA) is 47.9 Å². The monoisotopic (exact) mass is 309 g/mol. The number of aromatic nitrogens is 4. The minimum Gasteiger partial charge on any atom is -0.492 e. The molecule has 0 amide bonds. The number of rotatable bonds is 6. The molecule has 1 aliphatic rings. The van der Waals surface area contributed by atoms with Gasteiger partial charge in [0.2, 0.25) is 0 Å². The summed E-state index contributed by atoms with van der Waals surface area (Å²) < 4.78 is 9.76. The molecule has 0 saturated carbocycles. The van der Waals surface area contributed by atoms with E-state index in [4.69, 9.17) is 4.74 Å². The summed E-state index contributed by atoms with van der Waals surface area (Å²) >= 11 is 0. The molecule has 1 saturated heterocycles. The van der Waals surface area contributed by atoms with E-state index in [9.17, 15) is 0 Å². The molecule has 2 atom stereocenters. The van der Waals surface area contributed by atoms with Crippen LogP contribution in [0.15, 0.2) is 55.4 Å². The maximum atomic E-state index is 5.95. The van der Waals surface area contributed by atoms with Crippen LogP contribution in [0, 0.1) is 0 Å². The summed E-state index contributed by atoms with van der Waals surface area (Å²) in [7, 11) is 1.94. The molecule has 1 aromatic carbocycles. The van der Waals surface area contributed by atoms with Crippen molar-refractivity contribution in [2.75, 3.05) is 13.2 Å². The fourth-order valence-electron chi connectivity index (χ4n) is 2.70. The van der Waals surface area contributed by atoms with Crippen LogP contribution >= 0.6 is 0 Å². The van der Waals surface area contributed by atoms with Crippen LogP contribution in [-0.4, -0.2) is 43.4 Å². The van der Waals surface area contributed by atoms with Crippen LogP contribution in [0.2, 0.25) is 0 Å². The number of benzene rings is 1. The number of ether oxygens (including phenoxy) is 1. The third kappa shape index (κ3) is 3.27. The first kappa shape index (κ1) is 14.0. The zero-order valence-electron chi connectivity index (χ0n) is 13.0. The molecule has 6 nitrogen and oxygen atoms in total. The Morgan fingerprint density at radius 3 is 3.09 bits per heavy atom. The molecule has 1 aliphatic heterocycles. The molecule has 23 heavy (non-hydrogen) atoms. The molecule has 0 spiro atoms. The minimum absolute atomic E-state index is 0.493. The molecule has 6 heteroatoms. The Balaban J connectivity index is 1.31. The predicted molar refractivity (Wildman–Crippen MR) is 86.5 cm³/mol. The Morgan fingerprint density at radius 1 is 1.35 bits per heavy atom. The lowest BCUT2D eigenvalue weighted by molar-refractivity contribution is 0.293. The van der Waals surface area contributed by atoms with Crippen molar-refractivity contribution in [2.24, 2.45) is 7.05 Å². The Kier molecular flexibility index (Phi) is 3.59. The fraction of sp³-hybridized carbons (Fsp3) is 0.294. The van der Waals surface area contributed by atoms with Crippen LogP contribution in [0.4, 0.5) is 0 Å². The third-order valence-electron chi connectivity index (χ3n) is 4.03. The second-order valence-electron chi connectivity index (χ2n) is 5.88. The minimum atomic E-state index is 0.493. The third-order valence-corrected chi connectivity index (χ3v) is 4.03. The highest BCUT2D eigenvalue weighted by Crippen LogP contribution is 2.23. The van der Waals surface area contributed by atoms with E-state index in [1.54, 1.807) is 12.5 Å². The van der Waals surface area contributed by atoms with Crippen molar-refractivity contribution >= 4 is 0 Å². The summed E-state index contributed by atoms with van der Waals surface area (Å²) in [5, 5.41) is 4.20. The molecular weight excluding hydrogens is 290 g/mol. The van der Waals surface area contributed by atoms with E-state index >= 15 is 0 Å². The highest BCUT2D eigenvalue weighted by Gasteiger charge is 2.34. The first-order valence-electron chi connectivity index (χ1n) is 7.71. The lowest BCUT2D eigenvalue weighted by Crippen LogP contribution is -2.10. The van der Waals surface area contributed by atoms with Crippen molar-refractivity contribution in [1.29, 1.82) is 0 Å². The van der Waals surface area contributed by atoms with Crippen molar-refractivity contribution < 1.29 is 4.74 Å². The van der Waals surface area contributed by atoms with Gasteiger partial charge in [-0.1, -0.05) is 6.07 Å². The SMILES string of the molecule is Cn1cc(CN2CC2COc2cccc(-n3ccnc3)c2)cn1. The van der Waals surface area contributed by atoms with Crippen molar-refractivity contribution in [3.05, 3.63) is 60.9 Å². The number of hydrogen-bond donors (Lipinski definition) is 0. The van der Waals surface area contributed by atoms with Gasteiger partial charge in [-0.3, -0.25) is 9.58 Å². The van der Waals surface area contributed by atoms with Crippen molar-refractivity contribution in [2.45, 2.75) is 12.6 Å². The van der Waals surface area contributed by atoms with Gasteiger partial charge in [0.1, 0.15) is 12.4 Å². The Bertz CT molecular complexity index is 780. The summed E-state index contributed by atoms with van der Waals surface area (Å²) in [6.45, 7) is 2.74. The molecule has 0 bridgehead atoms. The summed E-state index contributed by atoms with van der Waals surface area (Å²) in [5.74, 6) is 0.893. The lowest BCUT2D eigenvalue weighted by atomic mass is 10.3. The zero-order valence-corrected chi connectivity index (χ0v) is 13.0. The van der Waals surface area contributed by atoms with Gasteiger partial charge in [0.25, 0.3) is 0 Å². The number of nitrogens with zero attached hydrogens (tertiary/aromatic N) is 5. The van der Waals surface area contributed by atoms with E-state index in [-0.39, 0.29) is 0 Å². The van der Waals surface area contributed by atoms with Crippen LogP contribution in [-0.2, 0) is 13.6 Å². The first-order chi connectivity index (χ1) is 11.3. The quantitative estimate of drug-likeness (QED) is 0.652. The first-order valence-corrected chi connectivity index (χ1v) is 7.71. The van der Waals surface area contributed by atoms with Gasteiger partial charge in [0, 0.05) is 50.4 Å². The molecule has 0 radical (unpaired) electrons. The standard InChI is InChI=1S/C17H19N5O/c1-20-9-14(8-19-20)10-22-11-16(22)12-23-17-4-2-3-15(7-17)21-6-5-18-13-21/h2-9,13,16H,10-12H2,1H3. The van der Waals surface area contributed by atoms with Gasteiger partial charge < -0.3 is 9.30 Å². The number of imidazole rings is 1. The normalized spacial score (nSPS) is 19.7. The second-order valence-corrected chi connectivity index (χ2v) is 5.88. The molecule has 2 aromatic heterocycles. The highest BCUT2D eigenvalue weighted by atomic mass is 16.5. The Morgan fingerprint density at radius 2 is 2.30 bits per heavy atom. The largest absolute Gasteiger partial charge is 0.492 e. The van der Waals surface area contributed by atoms with Gasteiger partial charge >= 0.3 is 0 Å². The Hall–Kier alpha value is -2.60. The lowest BCUT2D eigenvalue weighted by Gasteiger charge is -2.08. The summed E-state index contributed by atoms with van der Waals surface area (Å²) in [6.07, 6.45) is 9.47. The van der Waals surface area contributed by atoms with Gasteiger partial charge in [0.05, 0.1) is 24.3 Å². The van der Waals surface area contributed by atoms with E-state index in [1.807, 2.05) is 53.0 Å². The van der Waals surface area contributed by atoms with Crippen LogP contribution in [0.3, 0.4) is 0 Å². The number of hydrogen-bond acceptors (Lipinski definition) is 4. The molecule has 2 unspecified atom stereocenters. The molecule has 3 aromatic rings. The molecule has 0 aliphatic carbocycles. The summed E-state index contributed by atoms with van der Waals surface area (Å²) in [4.78, 5) is 6.46. The summed E-state index contributed by atoms with van der Waals surface area (Å²) in [5.41, 5.74) is 2.31. The van der Waals surface area contributed by atoms with Gasteiger partial charge in [-0.2, -0.15) is 5.10 Å². The van der Waals surface area contributed by atoms with Gasteiger partial charge in [-0.05, 0) is 12.1 Å². The van der Waals surface area contributed by atoms with Crippen LogP contribution in [0.5, 0.6) is 5.75 Å². The van der Waals surface area contributed by atoms with Crippen molar-refractivity contribution in [1.82, 2.24) is 24.2 Å². The van der Waals surface area contributed by atoms with Crippen molar-refractivity contribution in [3.8, 4) is 11.4 Å². The van der Waals surface area contributed by atoms with E-state index in [1.165, 1.54) is 5.56 Å². The van der Waals surface area contributed by atoms with Crippen LogP contribution < -0.4 is 4.74 Å². The highest BCUT2D eigenvalue weighted by molar-refractivity contribution is 5.39. The molecular formula is C17H19N5O. The Labute approximate surface area is 134 Å². The molecule has 3 heterocycles. The zero-order chi connectivity index (χ0) is 15.6. The average Bonchev–Trinajstić information content (AvgIpc) is 2.93. The van der Waals surface area contributed by atoms with Gasteiger partial charge in [-0.15, -0.1) is 0 Å².